The highest BCUT2D eigenvalue weighted by molar-refractivity contribution is 7.79. The normalized spacial score (nSPS) is 11.8. The van der Waals surface area contributed by atoms with Gasteiger partial charge in [-0.15, -0.1) is 11.3 Å². The zero-order valence-corrected chi connectivity index (χ0v) is 14.1. The molecule has 1 aromatic carbocycles. The minimum atomic E-state index is 0.179. The molecule has 0 aliphatic rings. The topological polar surface area (TPSA) is 22.1 Å². The zero-order chi connectivity index (χ0) is 14.8. The molecule has 4 heteroatoms. The molecule has 0 radical (unpaired) electrons. The van der Waals surface area contributed by atoms with Crippen molar-refractivity contribution in [2.24, 2.45) is 0 Å². The van der Waals surface area contributed by atoms with Crippen LogP contribution in [-0.4, -0.2) is 12.1 Å². The van der Waals surface area contributed by atoms with Gasteiger partial charge < -0.3 is 4.74 Å². The van der Waals surface area contributed by atoms with Crippen molar-refractivity contribution in [2.75, 3.05) is 7.11 Å². The number of ether oxygens (including phenoxy) is 1. The maximum atomic E-state index is 5.19. The Morgan fingerprint density at radius 1 is 1.20 bits per heavy atom. The van der Waals surface area contributed by atoms with E-state index in [1.165, 1.54) is 10.4 Å². The molecular weight excluding hydrogens is 286 g/mol. The first kappa shape index (κ1) is 15.5. The SMILES string of the molecule is COCc1nc(-c2ccc(C(C)(C)C)cc2)sc1CS. The molecule has 1 heterocycles. The maximum Gasteiger partial charge on any atom is 0.124 e. The van der Waals surface area contributed by atoms with Crippen LogP contribution in [0.15, 0.2) is 24.3 Å². The molecule has 0 fully saturated rings. The lowest BCUT2D eigenvalue weighted by Gasteiger charge is -2.18. The zero-order valence-electron chi connectivity index (χ0n) is 12.4. The van der Waals surface area contributed by atoms with E-state index in [2.05, 4.69) is 62.6 Å². The average Bonchev–Trinajstić information content (AvgIpc) is 2.81. The molecule has 2 rings (SSSR count). The Balaban J connectivity index is 2.32. The van der Waals surface area contributed by atoms with E-state index in [1.54, 1.807) is 18.4 Å². The van der Waals surface area contributed by atoms with Crippen LogP contribution in [-0.2, 0) is 22.5 Å². The van der Waals surface area contributed by atoms with E-state index in [0.717, 1.165) is 16.3 Å². The summed E-state index contributed by atoms with van der Waals surface area (Å²) in [5, 5.41) is 1.04. The molecule has 0 amide bonds. The third-order valence-electron chi connectivity index (χ3n) is 3.20. The summed E-state index contributed by atoms with van der Waals surface area (Å²) in [5.41, 5.74) is 3.68. The third kappa shape index (κ3) is 3.43. The minimum absolute atomic E-state index is 0.179. The first-order chi connectivity index (χ1) is 9.45. The van der Waals surface area contributed by atoms with Gasteiger partial charge in [-0.2, -0.15) is 12.6 Å². The monoisotopic (exact) mass is 307 g/mol. The van der Waals surface area contributed by atoms with E-state index in [0.29, 0.717) is 12.4 Å². The van der Waals surface area contributed by atoms with Crippen molar-refractivity contribution in [1.82, 2.24) is 4.98 Å². The van der Waals surface area contributed by atoms with E-state index < -0.39 is 0 Å². The lowest BCUT2D eigenvalue weighted by Crippen LogP contribution is -2.10. The molecule has 0 bridgehead atoms. The number of hydrogen-bond donors (Lipinski definition) is 1. The van der Waals surface area contributed by atoms with E-state index >= 15 is 0 Å². The third-order valence-corrected chi connectivity index (χ3v) is 4.88. The number of thiazole rings is 1. The lowest BCUT2D eigenvalue weighted by atomic mass is 9.87. The van der Waals surface area contributed by atoms with Crippen LogP contribution in [0.2, 0.25) is 0 Å². The molecule has 0 saturated carbocycles. The quantitative estimate of drug-likeness (QED) is 0.828. The Kier molecular flexibility index (Phi) is 4.89. The van der Waals surface area contributed by atoms with Gasteiger partial charge in [0.2, 0.25) is 0 Å². The highest BCUT2D eigenvalue weighted by Gasteiger charge is 2.15. The predicted octanol–water partition coefficient (Wildman–Crippen LogP) is 4.68. The number of thiol groups is 1. The fourth-order valence-corrected chi connectivity index (χ4v) is 3.30. The second kappa shape index (κ2) is 6.29. The van der Waals surface area contributed by atoms with Gasteiger partial charge in [-0.3, -0.25) is 0 Å². The average molecular weight is 307 g/mol. The molecule has 0 saturated heterocycles. The summed E-state index contributed by atoms with van der Waals surface area (Å²) in [7, 11) is 1.69. The van der Waals surface area contributed by atoms with E-state index in [4.69, 9.17) is 4.74 Å². The number of hydrogen-bond acceptors (Lipinski definition) is 4. The van der Waals surface area contributed by atoms with Gasteiger partial charge in [-0.1, -0.05) is 45.0 Å². The smallest absolute Gasteiger partial charge is 0.124 e. The lowest BCUT2D eigenvalue weighted by molar-refractivity contribution is 0.181. The maximum absolute atomic E-state index is 5.19. The molecule has 0 N–H and O–H groups in total. The van der Waals surface area contributed by atoms with Crippen molar-refractivity contribution in [3.63, 3.8) is 0 Å². The number of benzene rings is 1. The van der Waals surface area contributed by atoms with E-state index in [9.17, 15) is 0 Å². The number of methoxy groups -OCH3 is 1. The first-order valence-corrected chi connectivity index (χ1v) is 8.10. The number of rotatable bonds is 4. The summed E-state index contributed by atoms with van der Waals surface area (Å²) in [6.45, 7) is 7.22. The van der Waals surface area contributed by atoms with Gasteiger partial charge >= 0.3 is 0 Å². The summed E-state index contributed by atoms with van der Waals surface area (Å²) in [4.78, 5) is 5.86. The summed E-state index contributed by atoms with van der Waals surface area (Å²) >= 11 is 6.07. The van der Waals surface area contributed by atoms with Crippen molar-refractivity contribution in [3.05, 3.63) is 40.4 Å². The van der Waals surface area contributed by atoms with Gasteiger partial charge in [0.1, 0.15) is 5.01 Å². The number of nitrogens with zero attached hydrogens (tertiary/aromatic N) is 1. The highest BCUT2D eigenvalue weighted by atomic mass is 32.1. The van der Waals surface area contributed by atoms with Gasteiger partial charge in [-0.25, -0.2) is 4.98 Å². The largest absolute Gasteiger partial charge is 0.378 e. The van der Waals surface area contributed by atoms with E-state index in [-0.39, 0.29) is 5.41 Å². The van der Waals surface area contributed by atoms with Crippen molar-refractivity contribution in [3.8, 4) is 10.6 Å². The second-order valence-corrected chi connectivity index (χ2v) is 7.21. The molecule has 0 aliphatic carbocycles. The molecule has 2 aromatic rings. The Morgan fingerprint density at radius 3 is 2.35 bits per heavy atom. The van der Waals surface area contributed by atoms with Crippen LogP contribution in [0.4, 0.5) is 0 Å². The molecule has 0 atom stereocenters. The van der Waals surface area contributed by atoms with Crippen LogP contribution in [0, 0.1) is 0 Å². The Labute approximate surface area is 130 Å². The fourth-order valence-electron chi connectivity index (χ4n) is 1.99. The Bertz CT molecular complexity index is 567. The molecule has 1 aromatic heterocycles. The summed E-state index contributed by atoms with van der Waals surface area (Å²) < 4.78 is 5.19. The van der Waals surface area contributed by atoms with Crippen LogP contribution < -0.4 is 0 Å². The first-order valence-electron chi connectivity index (χ1n) is 6.65. The van der Waals surface area contributed by atoms with E-state index in [1.807, 2.05) is 0 Å². The highest BCUT2D eigenvalue weighted by Crippen LogP contribution is 2.31. The van der Waals surface area contributed by atoms with Gasteiger partial charge in [0.15, 0.2) is 0 Å². The van der Waals surface area contributed by atoms with Gasteiger partial charge in [0.25, 0.3) is 0 Å². The van der Waals surface area contributed by atoms with Crippen molar-refractivity contribution in [2.45, 2.75) is 38.5 Å². The molecule has 2 nitrogen and oxygen atoms in total. The summed E-state index contributed by atoms with van der Waals surface area (Å²) in [6.07, 6.45) is 0. The van der Waals surface area contributed by atoms with Crippen LogP contribution >= 0.6 is 24.0 Å². The standard InChI is InChI=1S/C16H21NOS2/c1-16(2,3)12-7-5-11(6-8-12)15-17-13(9-18-4)14(10-19)20-15/h5-8,19H,9-10H2,1-4H3. The summed E-state index contributed by atoms with van der Waals surface area (Å²) in [5.74, 6) is 0.705. The molecule has 0 unspecified atom stereocenters. The van der Waals surface area contributed by atoms with Crippen molar-refractivity contribution in [1.29, 1.82) is 0 Å². The fraction of sp³-hybridized carbons (Fsp3) is 0.438. The Hall–Kier alpha value is -0.840. The van der Waals surface area contributed by atoms with Crippen LogP contribution in [0.5, 0.6) is 0 Å². The van der Waals surface area contributed by atoms with Crippen molar-refractivity contribution < 1.29 is 4.74 Å². The predicted molar refractivity (Wildman–Crippen MR) is 89.7 cm³/mol. The summed E-state index contributed by atoms with van der Waals surface area (Å²) in [6, 6.07) is 8.68. The van der Waals surface area contributed by atoms with Crippen LogP contribution in [0.25, 0.3) is 10.6 Å². The molecule has 0 aliphatic heterocycles. The Morgan fingerprint density at radius 2 is 1.85 bits per heavy atom. The molecular formula is C16H21NOS2. The van der Waals surface area contributed by atoms with Gasteiger partial charge in [-0.05, 0) is 11.0 Å². The van der Waals surface area contributed by atoms with Gasteiger partial charge in [0, 0.05) is 23.3 Å². The number of aromatic nitrogens is 1. The molecule has 20 heavy (non-hydrogen) atoms. The second-order valence-electron chi connectivity index (χ2n) is 5.81. The van der Waals surface area contributed by atoms with Crippen LogP contribution in [0.3, 0.4) is 0 Å². The van der Waals surface area contributed by atoms with Gasteiger partial charge in [0.05, 0.1) is 12.3 Å². The minimum Gasteiger partial charge on any atom is -0.378 e. The molecule has 0 spiro atoms. The van der Waals surface area contributed by atoms with Crippen molar-refractivity contribution >= 4 is 24.0 Å². The van der Waals surface area contributed by atoms with Crippen LogP contribution in [0.1, 0.15) is 36.9 Å². The molecule has 108 valence electrons.